The van der Waals surface area contributed by atoms with Crippen molar-refractivity contribution in [1.29, 1.82) is 0 Å². The number of primary amides is 1. The third-order valence-electron chi connectivity index (χ3n) is 9.22. The van der Waals surface area contributed by atoms with Crippen LogP contribution < -0.4 is 11.1 Å². The summed E-state index contributed by atoms with van der Waals surface area (Å²) in [5, 5.41) is 5.08. The number of benzene rings is 2. The Morgan fingerprint density at radius 2 is 1.65 bits per heavy atom. The summed E-state index contributed by atoms with van der Waals surface area (Å²) in [7, 11) is -2.32. The van der Waals surface area contributed by atoms with Crippen LogP contribution in [0.2, 0.25) is 0 Å². The number of nitrogens with zero attached hydrogens (tertiary/aromatic N) is 1. The highest BCUT2D eigenvalue weighted by atomic mass is 32.2. The van der Waals surface area contributed by atoms with E-state index in [0.717, 1.165) is 42.9 Å². The molecule has 0 spiro atoms. The highest BCUT2D eigenvalue weighted by Gasteiger charge is 2.61. The molecule has 5 aliphatic rings. The van der Waals surface area contributed by atoms with E-state index in [0.29, 0.717) is 18.8 Å². The molecule has 0 radical (unpaired) electrons. The molecule has 4 bridgehead atoms. The third-order valence-corrected chi connectivity index (χ3v) is 11.1. The molecule has 180 valence electrons. The summed E-state index contributed by atoms with van der Waals surface area (Å²) in [5.41, 5.74) is 4.34. The van der Waals surface area contributed by atoms with Crippen molar-refractivity contribution in [2.75, 3.05) is 7.05 Å². The van der Waals surface area contributed by atoms with Crippen molar-refractivity contribution in [2.24, 2.45) is 28.9 Å². The topological polar surface area (TPSA) is 110 Å². The maximum Gasteiger partial charge on any atom is 0.243 e. The Kier molecular flexibility index (Phi) is 4.72. The fraction of sp³-hybridized carbons (Fsp3) is 0.538. The minimum Gasteiger partial charge on any atom is -0.369 e. The molecular weight excluding hydrogens is 450 g/mol. The van der Waals surface area contributed by atoms with Crippen LogP contribution in [0.25, 0.3) is 10.8 Å². The second-order valence-corrected chi connectivity index (χ2v) is 13.1. The number of likely N-dealkylation sites (N-methyl/N-ethyl adjacent to an activating group) is 1. The van der Waals surface area contributed by atoms with Crippen LogP contribution in [0.1, 0.15) is 44.9 Å². The van der Waals surface area contributed by atoms with Gasteiger partial charge in [0.05, 0.1) is 4.90 Å². The molecule has 5 aliphatic carbocycles. The Balaban J connectivity index is 1.23. The lowest BCUT2D eigenvalue weighted by Crippen LogP contribution is -2.64. The molecule has 5 fully saturated rings. The highest BCUT2D eigenvalue weighted by Crippen LogP contribution is 2.60. The maximum absolute atomic E-state index is 13.6. The second-order valence-electron chi connectivity index (χ2n) is 11.1. The predicted molar refractivity (Wildman–Crippen MR) is 128 cm³/mol. The molecule has 7 rings (SSSR count). The number of sulfonamides is 1. The van der Waals surface area contributed by atoms with Crippen LogP contribution in [0.4, 0.5) is 0 Å². The average Bonchev–Trinajstić information content (AvgIpc) is 3.62. The fourth-order valence-corrected chi connectivity index (χ4v) is 8.92. The molecule has 0 aromatic heterocycles. The van der Waals surface area contributed by atoms with Gasteiger partial charge < -0.3 is 11.1 Å². The van der Waals surface area contributed by atoms with Crippen molar-refractivity contribution in [3.8, 4) is 0 Å². The fourth-order valence-electron chi connectivity index (χ4n) is 7.37. The van der Waals surface area contributed by atoms with E-state index < -0.39 is 21.0 Å². The number of hydrogen-bond donors (Lipinski definition) is 2. The third kappa shape index (κ3) is 3.14. The van der Waals surface area contributed by atoms with E-state index in [9.17, 15) is 18.0 Å². The number of rotatable bonds is 6. The minimum absolute atomic E-state index is 0.00854. The standard InChI is InChI=1S/C26H31N3O4S/c1-29(34(32,33)21-7-6-17-4-2-3-5-18(17)12-21)26(8-9-26)24(31)28-22-19-10-16-11-20(22)15-25(13-16,14-19)23(27)30/h2-7,12,16,19-20,22H,8-11,13-15H2,1H3,(H2,27,30)(H,28,31). The normalized spacial score (nSPS) is 33.2. The maximum atomic E-state index is 13.6. The zero-order chi connectivity index (χ0) is 23.9. The van der Waals surface area contributed by atoms with Crippen molar-refractivity contribution >= 4 is 32.6 Å². The molecule has 0 heterocycles. The van der Waals surface area contributed by atoms with Crippen molar-refractivity contribution in [3.05, 3.63) is 42.5 Å². The smallest absolute Gasteiger partial charge is 0.243 e. The van der Waals surface area contributed by atoms with Crippen molar-refractivity contribution in [2.45, 2.75) is 61.4 Å². The number of carbonyl (C=O) groups is 2. The van der Waals surface area contributed by atoms with E-state index in [1.54, 1.807) is 18.2 Å². The Hall–Kier alpha value is -2.45. The lowest BCUT2D eigenvalue weighted by atomic mass is 9.47. The van der Waals surface area contributed by atoms with Crippen LogP contribution >= 0.6 is 0 Å². The van der Waals surface area contributed by atoms with E-state index in [2.05, 4.69) is 5.32 Å². The Labute approximate surface area is 200 Å². The molecule has 3 N–H and O–H groups in total. The summed E-state index contributed by atoms with van der Waals surface area (Å²) in [4.78, 5) is 26.0. The lowest BCUT2D eigenvalue weighted by Gasteiger charge is -2.59. The van der Waals surface area contributed by atoms with Gasteiger partial charge in [0.1, 0.15) is 5.54 Å². The number of carbonyl (C=O) groups excluding carboxylic acids is 2. The van der Waals surface area contributed by atoms with E-state index in [-0.39, 0.29) is 34.6 Å². The van der Waals surface area contributed by atoms with Crippen LogP contribution in [0.3, 0.4) is 0 Å². The van der Waals surface area contributed by atoms with Crippen molar-refractivity contribution in [3.63, 3.8) is 0 Å². The predicted octanol–water partition coefficient (Wildman–Crippen LogP) is 2.79. The average molecular weight is 482 g/mol. The van der Waals surface area contributed by atoms with Crippen molar-refractivity contribution < 1.29 is 18.0 Å². The molecule has 2 atom stereocenters. The molecule has 7 nitrogen and oxygen atoms in total. The Morgan fingerprint density at radius 3 is 2.26 bits per heavy atom. The van der Waals surface area contributed by atoms with Gasteiger partial charge in [-0.2, -0.15) is 4.31 Å². The highest BCUT2D eigenvalue weighted by molar-refractivity contribution is 7.89. The molecule has 2 aromatic rings. The first-order valence-corrected chi connectivity index (χ1v) is 13.7. The van der Waals surface area contributed by atoms with Crippen LogP contribution in [0.15, 0.2) is 47.4 Å². The molecule has 8 heteroatoms. The van der Waals surface area contributed by atoms with Gasteiger partial charge in [0.25, 0.3) is 0 Å². The largest absolute Gasteiger partial charge is 0.369 e. The van der Waals surface area contributed by atoms with E-state index >= 15 is 0 Å². The quantitative estimate of drug-likeness (QED) is 0.661. The monoisotopic (exact) mass is 481 g/mol. The number of amides is 2. The van der Waals surface area contributed by atoms with Crippen molar-refractivity contribution in [1.82, 2.24) is 9.62 Å². The molecule has 34 heavy (non-hydrogen) atoms. The van der Waals surface area contributed by atoms with Crippen LogP contribution in [0, 0.1) is 23.2 Å². The first-order chi connectivity index (χ1) is 16.1. The van der Waals surface area contributed by atoms with E-state index in [1.165, 1.54) is 11.4 Å². The van der Waals surface area contributed by atoms with Gasteiger partial charge in [-0.3, -0.25) is 9.59 Å². The molecular formula is C26H31N3O4S. The Morgan fingerprint density at radius 1 is 1.00 bits per heavy atom. The SMILES string of the molecule is CN(C1(C(=O)NC2C3CC4CC2CC(C(N)=O)(C4)C3)CC1)S(=O)(=O)c1ccc2ccccc2c1. The molecule has 5 saturated carbocycles. The number of nitrogens with two attached hydrogens (primary N) is 1. The van der Waals surface area contributed by atoms with Gasteiger partial charge >= 0.3 is 0 Å². The van der Waals surface area contributed by atoms with Crippen LogP contribution in [-0.2, 0) is 19.6 Å². The van der Waals surface area contributed by atoms with Gasteiger partial charge in [-0.05, 0) is 85.6 Å². The van der Waals surface area contributed by atoms with Gasteiger partial charge in [0.2, 0.25) is 21.8 Å². The Bertz CT molecular complexity index is 1290. The second kappa shape index (κ2) is 7.28. The van der Waals surface area contributed by atoms with Gasteiger partial charge in [-0.25, -0.2) is 8.42 Å². The molecule has 0 saturated heterocycles. The summed E-state index contributed by atoms with van der Waals surface area (Å²) in [6.07, 6.45) is 5.39. The number of nitrogens with one attached hydrogen (secondary N) is 1. The zero-order valence-corrected chi connectivity index (χ0v) is 20.2. The number of fused-ring (bicyclic) bond motifs is 1. The molecule has 2 unspecified atom stereocenters. The zero-order valence-electron chi connectivity index (χ0n) is 19.4. The van der Waals surface area contributed by atoms with Crippen LogP contribution in [-0.4, -0.2) is 43.2 Å². The lowest BCUT2D eigenvalue weighted by molar-refractivity contribution is -0.148. The molecule has 0 aliphatic heterocycles. The minimum atomic E-state index is -3.84. The van der Waals surface area contributed by atoms with Crippen LogP contribution in [0.5, 0.6) is 0 Å². The first kappa shape index (κ1) is 22.0. The molecule has 2 amide bonds. The summed E-state index contributed by atoms with van der Waals surface area (Å²) >= 11 is 0. The summed E-state index contributed by atoms with van der Waals surface area (Å²) in [6.45, 7) is 0. The summed E-state index contributed by atoms with van der Waals surface area (Å²) in [5.74, 6) is 0.576. The molecule has 2 aromatic carbocycles. The van der Waals surface area contributed by atoms with Gasteiger partial charge in [-0.1, -0.05) is 30.3 Å². The van der Waals surface area contributed by atoms with Gasteiger partial charge in [-0.15, -0.1) is 0 Å². The first-order valence-electron chi connectivity index (χ1n) is 12.2. The van der Waals surface area contributed by atoms with E-state index in [4.69, 9.17) is 5.73 Å². The summed E-state index contributed by atoms with van der Waals surface area (Å²) in [6, 6.07) is 12.7. The number of hydrogen-bond acceptors (Lipinski definition) is 4. The van der Waals surface area contributed by atoms with E-state index in [1.807, 2.05) is 24.3 Å². The van der Waals surface area contributed by atoms with Gasteiger partial charge in [0.15, 0.2) is 0 Å². The summed E-state index contributed by atoms with van der Waals surface area (Å²) < 4.78 is 28.3. The van der Waals surface area contributed by atoms with Gasteiger partial charge in [0, 0.05) is 18.5 Å².